The Bertz CT molecular complexity index is 1420. The third kappa shape index (κ3) is 6.37. The number of benzene rings is 3. The Morgan fingerprint density at radius 3 is 2.05 bits per heavy atom. The van der Waals surface area contributed by atoms with Crippen molar-refractivity contribution in [2.75, 3.05) is 37.6 Å². The number of piperazine rings is 1. The molecule has 5 rings (SSSR count). The largest absolute Gasteiger partial charge is 0.416 e. The fourth-order valence-corrected chi connectivity index (χ4v) is 4.89. The van der Waals surface area contributed by atoms with Crippen molar-refractivity contribution in [2.45, 2.75) is 25.9 Å². The Morgan fingerprint density at radius 1 is 0.875 bits per heavy atom. The molecule has 1 aliphatic heterocycles. The van der Waals surface area contributed by atoms with Crippen LogP contribution in [0.2, 0.25) is 0 Å². The van der Waals surface area contributed by atoms with Crippen LogP contribution < -0.4 is 15.5 Å². The lowest BCUT2D eigenvalue weighted by Gasteiger charge is -2.29. The van der Waals surface area contributed by atoms with E-state index >= 15 is 0 Å². The summed E-state index contributed by atoms with van der Waals surface area (Å²) in [6, 6.07) is 23.2. The van der Waals surface area contributed by atoms with Gasteiger partial charge in [0.1, 0.15) is 0 Å². The fourth-order valence-electron chi connectivity index (χ4n) is 4.89. The first-order valence-electron chi connectivity index (χ1n) is 13.5. The molecule has 0 spiro atoms. The second-order valence-electron chi connectivity index (χ2n) is 9.79. The second kappa shape index (κ2) is 12.0. The molecule has 2 heterocycles. The summed E-state index contributed by atoms with van der Waals surface area (Å²) in [6.07, 6.45) is -3.51. The summed E-state index contributed by atoms with van der Waals surface area (Å²) in [5.41, 5.74) is 5.53. The summed E-state index contributed by atoms with van der Waals surface area (Å²) >= 11 is 0. The van der Waals surface area contributed by atoms with Crippen molar-refractivity contribution in [2.24, 2.45) is 0 Å². The number of carbonyl (C=O) groups excluding carboxylic acids is 1. The van der Waals surface area contributed by atoms with Crippen LogP contribution in [0.3, 0.4) is 0 Å². The number of hydrogen-bond acceptors (Lipinski definition) is 4. The van der Waals surface area contributed by atoms with Gasteiger partial charge in [0.25, 0.3) is 0 Å². The van der Waals surface area contributed by atoms with E-state index in [1.165, 1.54) is 12.1 Å². The fraction of sp³-hybridized carbons (Fsp3) is 0.290. The molecule has 3 aromatic carbocycles. The summed E-state index contributed by atoms with van der Waals surface area (Å²) in [7, 11) is 0. The lowest BCUT2D eigenvalue weighted by Crippen LogP contribution is -2.43. The SMILES string of the molecule is CCNC(=O)CCc1cc(-c2ccc(-c3ccc(C(F)(F)F)cc3)cc2)n(-c2ccc(N3CCNCC3)cc2)n1. The van der Waals surface area contributed by atoms with Crippen molar-refractivity contribution >= 4 is 11.6 Å². The highest BCUT2D eigenvalue weighted by molar-refractivity contribution is 5.76. The number of aromatic nitrogens is 2. The van der Waals surface area contributed by atoms with Crippen LogP contribution >= 0.6 is 0 Å². The van der Waals surface area contributed by atoms with Gasteiger partial charge in [-0.05, 0) is 60.5 Å². The Morgan fingerprint density at radius 2 is 1.45 bits per heavy atom. The molecule has 2 N–H and O–H groups in total. The van der Waals surface area contributed by atoms with Crippen molar-refractivity contribution in [3.8, 4) is 28.1 Å². The zero-order chi connectivity index (χ0) is 28.1. The number of amides is 1. The molecular weight excluding hydrogens is 515 g/mol. The first kappa shape index (κ1) is 27.5. The Balaban J connectivity index is 1.43. The quantitative estimate of drug-likeness (QED) is 0.297. The highest BCUT2D eigenvalue weighted by Gasteiger charge is 2.30. The van der Waals surface area contributed by atoms with Gasteiger partial charge in [-0.2, -0.15) is 18.3 Å². The zero-order valence-electron chi connectivity index (χ0n) is 22.3. The number of alkyl halides is 3. The van der Waals surface area contributed by atoms with E-state index in [-0.39, 0.29) is 5.91 Å². The van der Waals surface area contributed by atoms with E-state index in [1.807, 2.05) is 41.9 Å². The van der Waals surface area contributed by atoms with Crippen molar-refractivity contribution in [1.29, 1.82) is 0 Å². The molecule has 0 unspecified atom stereocenters. The van der Waals surface area contributed by atoms with Crippen LogP contribution in [0.1, 0.15) is 24.6 Å². The van der Waals surface area contributed by atoms with Crippen LogP contribution in [-0.4, -0.2) is 48.4 Å². The molecule has 0 aliphatic carbocycles. The highest BCUT2D eigenvalue weighted by atomic mass is 19.4. The normalized spacial score (nSPS) is 13.8. The molecule has 0 bridgehead atoms. The molecule has 1 aliphatic rings. The summed E-state index contributed by atoms with van der Waals surface area (Å²) < 4.78 is 40.8. The number of hydrogen-bond donors (Lipinski definition) is 2. The molecule has 6 nitrogen and oxygen atoms in total. The van der Waals surface area contributed by atoms with Crippen LogP contribution in [0, 0.1) is 0 Å². The van der Waals surface area contributed by atoms with E-state index in [0.717, 1.165) is 72.2 Å². The molecule has 0 radical (unpaired) electrons. The summed E-state index contributed by atoms with van der Waals surface area (Å²) in [6.45, 7) is 6.32. The van der Waals surface area contributed by atoms with Gasteiger partial charge in [-0.15, -0.1) is 0 Å². The molecule has 0 atom stereocenters. The second-order valence-corrected chi connectivity index (χ2v) is 9.79. The van der Waals surface area contributed by atoms with Gasteiger partial charge in [0.15, 0.2) is 0 Å². The van der Waals surface area contributed by atoms with E-state index in [2.05, 4.69) is 39.8 Å². The van der Waals surface area contributed by atoms with Gasteiger partial charge in [0.2, 0.25) is 5.91 Å². The summed E-state index contributed by atoms with van der Waals surface area (Å²) in [4.78, 5) is 14.4. The van der Waals surface area contributed by atoms with Crippen LogP contribution in [-0.2, 0) is 17.4 Å². The van der Waals surface area contributed by atoms with Gasteiger partial charge in [0.05, 0.1) is 22.6 Å². The smallest absolute Gasteiger partial charge is 0.369 e. The predicted molar refractivity (Wildman–Crippen MR) is 152 cm³/mol. The van der Waals surface area contributed by atoms with Crippen molar-refractivity contribution in [3.05, 3.63) is 90.1 Å². The standard InChI is InChI=1S/C31H32F3N5O/c1-2-36-30(40)16-11-26-21-29(39(37-26)28-14-12-27(13-15-28)38-19-17-35-18-20-38)24-5-3-22(4-6-24)23-7-9-25(10-8-23)31(32,33)34/h3-10,12-15,21,35H,2,11,16-20H2,1H3,(H,36,40). The van der Waals surface area contributed by atoms with E-state index in [0.29, 0.717) is 24.9 Å². The molecule has 208 valence electrons. The van der Waals surface area contributed by atoms with Crippen molar-refractivity contribution in [1.82, 2.24) is 20.4 Å². The number of rotatable bonds is 8. The van der Waals surface area contributed by atoms with Gasteiger partial charge in [-0.1, -0.05) is 36.4 Å². The number of carbonyl (C=O) groups is 1. The van der Waals surface area contributed by atoms with Crippen LogP contribution in [0.4, 0.5) is 18.9 Å². The third-order valence-electron chi connectivity index (χ3n) is 7.04. The number of nitrogens with zero attached hydrogens (tertiary/aromatic N) is 3. The summed E-state index contributed by atoms with van der Waals surface area (Å²) in [5, 5.41) is 11.0. The molecule has 1 saturated heterocycles. The predicted octanol–water partition coefficient (Wildman–Crippen LogP) is 5.70. The van der Waals surface area contributed by atoms with Gasteiger partial charge in [-0.3, -0.25) is 4.79 Å². The minimum atomic E-state index is -4.36. The van der Waals surface area contributed by atoms with Gasteiger partial charge in [0, 0.05) is 56.8 Å². The zero-order valence-corrected chi connectivity index (χ0v) is 22.3. The number of anilines is 1. The molecule has 1 aromatic heterocycles. The Kier molecular flexibility index (Phi) is 8.21. The average Bonchev–Trinajstić information content (AvgIpc) is 3.41. The summed E-state index contributed by atoms with van der Waals surface area (Å²) in [5.74, 6) is -0.0140. The lowest BCUT2D eigenvalue weighted by molar-refractivity contribution is -0.137. The van der Waals surface area contributed by atoms with E-state index in [9.17, 15) is 18.0 Å². The molecular formula is C31H32F3N5O. The minimum absolute atomic E-state index is 0.0140. The van der Waals surface area contributed by atoms with Crippen molar-refractivity contribution in [3.63, 3.8) is 0 Å². The third-order valence-corrected chi connectivity index (χ3v) is 7.04. The monoisotopic (exact) mass is 547 g/mol. The van der Waals surface area contributed by atoms with E-state index in [4.69, 9.17) is 5.10 Å². The molecule has 40 heavy (non-hydrogen) atoms. The Hall–Kier alpha value is -4.11. The number of nitrogens with one attached hydrogen (secondary N) is 2. The van der Waals surface area contributed by atoms with Gasteiger partial charge >= 0.3 is 6.18 Å². The molecule has 4 aromatic rings. The maximum Gasteiger partial charge on any atom is 0.416 e. The molecule has 1 fully saturated rings. The van der Waals surface area contributed by atoms with Crippen LogP contribution in [0.25, 0.3) is 28.1 Å². The number of aryl methyl sites for hydroxylation is 1. The highest BCUT2D eigenvalue weighted by Crippen LogP contribution is 2.32. The molecule has 1 amide bonds. The van der Waals surface area contributed by atoms with Crippen molar-refractivity contribution < 1.29 is 18.0 Å². The maximum absolute atomic E-state index is 13.0. The van der Waals surface area contributed by atoms with Crippen LogP contribution in [0.15, 0.2) is 78.9 Å². The Labute approximate surface area is 231 Å². The van der Waals surface area contributed by atoms with E-state index in [1.54, 1.807) is 0 Å². The average molecular weight is 548 g/mol. The maximum atomic E-state index is 13.0. The lowest BCUT2D eigenvalue weighted by atomic mass is 10.0. The first-order valence-corrected chi connectivity index (χ1v) is 13.5. The molecule has 9 heteroatoms. The van der Waals surface area contributed by atoms with E-state index < -0.39 is 11.7 Å². The van der Waals surface area contributed by atoms with Gasteiger partial charge in [-0.25, -0.2) is 4.68 Å². The molecule has 0 saturated carbocycles. The van der Waals surface area contributed by atoms with Crippen LogP contribution in [0.5, 0.6) is 0 Å². The number of halogens is 3. The minimum Gasteiger partial charge on any atom is -0.369 e. The first-order chi connectivity index (χ1) is 19.3. The topological polar surface area (TPSA) is 62.2 Å². The van der Waals surface area contributed by atoms with Gasteiger partial charge < -0.3 is 15.5 Å².